The molecular formula is C21H26NO+. The molecule has 0 N–H and O–H groups in total. The molecule has 4 unspecified atom stereocenters. The average molecular weight is 308 g/mol. The Morgan fingerprint density at radius 1 is 0.696 bits per heavy atom. The Balaban J connectivity index is 2.12. The van der Waals surface area contributed by atoms with E-state index in [1.54, 1.807) is 0 Å². The quantitative estimate of drug-likeness (QED) is 0.752. The maximum Gasteiger partial charge on any atom is 0.151 e. The van der Waals surface area contributed by atoms with Crippen molar-refractivity contribution in [2.24, 2.45) is 11.8 Å². The van der Waals surface area contributed by atoms with Crippen LogP contribution in [-0.4, -0.2) is 24.4 Å². The summed E-state index contributed by atoms with van der Waals surface area (Å²) in [5.74, 6) is 0.440. The predicted molar refractivity (Wildman–Crippen MR) is 93.8 cm³/mol. The van der Waals surface area contributed by atoms with Crippen molar-refractivity contribution in [3.05, 3.63) is 71.8 Å². The van der Waals surface area contributed by atoms with Crippen molar-refractivity contribution in [3.63, 3.8) is 0 Å². The van der Waals surface area contributed by atoms with Crippen molar-refractivity contribution in [2.75, 3.05) is 14.1 Å². The van der Waals surface area contributed by atoms with Crippen molar-refractivity contribution < 1.29 is 9.28 Å². The monoisotopic (exact) mass is 308 g/mol. The van der Waals surface area contributed by atoms with Gasteiger partial charge in [-0.2, -0.15) is 0 Å². The molecule has 4 atom stereocenters. The van der Waals surface area contributed by atoms with Gasteiger partial charge in [-0.15, -0.1) is 0 Å². The second kappa shape index (κ2) is 5.93. The summed E-state index contributed by atoms with van der Waals surface area (Å²) >= 11 is 0. The fourth-order valence-corrected chi connectivity index (χ4v) is 4.70. The van der Waals surface area contributed by atoms with E-state index in [0.717, 1.165) is 4.48 Å². The molecule has 0 saturated carbocycles. The van der Waals surface area contributed by atoms with E-state index in [1.807, 2.05) is 12.1 Å². The van der Waals surface area contributed by atoms with Crippen molar-refractivity contribution in [1.82, 2.24) is 0 Å². The van der Waals surface area contributed by atoms with Gasteiger partial charge in [-0.25, -0.2) is 0 Å². The van der Waals surface area contributed by atoms with Gasteiger partial charge >= 0.3 is 0 Å². The van der Waals surface area contributed by atoms with E-state index in [4.69, 9.17) is 0 Å². The third-order valence-corrected chi connectivity index (χ3v) is 5.56. The van der Waals surface area contributed by atoms with E-state index in [2.05, 4.69) is 76.5 Å². The van der Waals surface area contributed by atoms with Crippen LogP contribution >= 0.6 is 0 Å². The van der Waals surface area contributed by atoms with Crippen LogP contribution in [0.1, 0.15) is 37.1 Å². The molecule has 1 aliphatic heterocycles. The minimum absolute atomic E-state index is 0.0300. The summed E-state index contributed by atoms with van der Waals surface area (Å²) in [7, 11) is 4.55. The minimum Gasteiger partial charge on any atom is -0.315 e. The van der Waals surface area contributed by atoms with Crippen LogP contribution < -0.4 is 0 Å². The molecule has 0 aromatic heterocycles. The lowest BCUT2D eigenvalue weighted by atomic mass is 9.73. The summed E-state index contributed by atoms with van der Waals surface area (Å²) in [6.45, 7) is 4.19. The lowest BCUT2D eigenvalue weighted by Gasteiger charge is -2.52. The molecule has 0 amide bonds. The molecule has 0 aliphatic carbocycles. The highest BCUT2D eigenvalue weighted by Gasteiger charge is 2.53. The summed E-state index contributed by atoms with van der Waals surface area (Å²) in [5.41, 5.74) is 2.51. The van der Waals surface area contributed by atoms with E-state index in [1.165, 1.54) is 11.1 Å². The van der Waals surface area contributed by atoms with Crippen molar-refractivity contribution in [3.8, 4) is 0 Å². The Labute approximate surface area is 139 Å². The second-order valence-corrected chi connectivity index (χ2v) is 7.32. The van der Waals surface area contributed by atoms with E-state index >= 15 is 0 Å². The molecule has 2 aromatic rings. The number of ketones is 1. The number of rotatable bonds is 2. The van der Waals surface area contributed by atoms with Gasteiger partial charge in [0.05, 0.1) is 25.9 Å². The summed E-state index contributed by atoms with van der Waals surface area (Å²) < 4.78 is 0.808. The molecule has 1 saturated heterocycles. The van der Waals surface area contributed by atoms with Gasteiger partial charge in [0.1, 0.15) is 12.1 Å². The van der Waals surface area contributed by atoms with E-state index in [-0.39, 0.29) is 23.9 Å². The fraction of sp³-hybridized carbons (Fsp3) is 0.381. The molecular weight excluding hydrogens is 282 g/mol. The number of likely N-dealkylation sites (tertiary alicyclic amines) is 1. The molecule has 1 aliphatic rings. The van der Waals surface area contributed by atoms with Gasteiger partial charge in [-0.3, -0.25) is 4.79 Å². The molecule has 0 bridgehead atoms. The lowest BCUT2D eigenvalue weighted by Crippen LogP contribution is -2.57. The highest BCUT2D eigenvalue weighted by Crippen LogP contribution is 2.49. The molecule has 3 rings (SSSR count). The first-order chi connectivity index (χ1) is 10.9. The van der Waals surface area contributed by atoms with Crippen molar-refractivity contribution in [1.29, 1.82) is 0 Å². The van der Waals surface area contributed by atoms with Crippen LogP contribution in [0.4, 0.5) is 0 Å². The Hall–Kier alpha value is -1.93. The maximum absolute atomic E-state index is 13.0. The maximum atomic E-state index is 13.0. The van der Waals surface area contributed by atoms with E-state index in [0.29, 0.717) is 5.78 Å². The largest absolute Gasteiger partial charge is 0.315 e. The van der Waals surface area contributed by atoms with E-state index < -0.39 is 0 Å². The van der Waals surface area contributed by atoms with Crippen molar-refractivity contribution in [2.45, 2.75) is 25.9 Å². The number of carbonyl (C=O) groups is 1. The number of hydrogen-bond acceptors (Lipinski definition) is 1. The van der Waals surface area contributed by atoms with Crippen LogP contribution in [0.2, 0.25) is 0 Å². The third kappa shape index (κ3) is 2.61. The molecule has 1 fully saturated rings. The standard InChI is InChI=1S/C21H26NO/c1-15-19(17-11-7-5-8-12-17)22(3,4)20(16(2)21(15)23)18-13-9-6-10-14-18/h5-16,19-20H,1-4H3/q+1. The SMILES string of the molecule is CC1C(=O)C(C)C(c2ccccc2)[N+](C)(C)C1c1ccccc1. The number of benzene rings is 2. The molecule has 2 aromatic carbocycles. The first-order valence-corrected chi connectivity index (χ1v) is 8.41. The minimum atomic E-state index is 0.0300. The molecule has 1 heterocycles. The number of carbonyl (C=O) groups excluding carboxylic acids is 1. The van der Waals surface area contributed by atoms with Gasteiger partial charge in [-0.05, 0) is 13.8 Å². The molecule has 0 radical (unpaired) electrons. The predicted octanol–water partition coefficient (Wildman–Crippen LogP) is 4.40. The third-order valence-electron chi connectivity index (χ3n) is 5.56. The highest BCUT2D eigenvalue weighted by atomic mass is 16.1. The Kier molecular flexibility index (Phi) is 4.11. The van der Waals surface area contributed by atoms with Gasteiger partial charge in [0, 0.05) is 11.1 Å². The smallest absolute Gasteiger partial charge is 0.151 e. The normalized spacial score (nSPS) is 30.2. The van der Waals surface area contributed by atoms with Crippen LogP contribution in [-0.2, 0) is 4.79 Å². The summed E-state index contributed by atoms with van der Waals surface area (Å²) in [5, 5.41) is 0. The summed E-state index contributed by atoms with van der Waals surface area (Å²) in [4.78, 5) is 13.0. The Bertz CT molecular complexity index is 620. The summed E-state index contributed by atoms with van der Waals surface area (Å²) in [6, 6.07) is 21.4. The zero-order valence-electron chi connectivity index (χ0n) is 14.4. The average Bonchev–Trinajstić information content (AvgIpc) is 2.54. The number of quaternary nitrogens is 1. The van der Waals surface area contributed by atoms with Gasteiger partial charge in [0.15, 0.2) is 5.78 Å². The fourth-order valence-electron chi connectivity index (χ4n) is 4.70. The van der Waals surface area contributed by atoms with Crippen LogP contribution in [0.15, 0.2) is 60.7 Å². The number of nitrogens with zero attached hydrogens (tertiary/aromatic N) is 1. The highest BCUT2D eigenvalue weighted by molar-refractivity contribution is 5.85. The zero-order chi connectivity index (χ0) is 16.6. The summed E-state index contributed by atoms with van der Waals surface area (Å²) in [6.07, 6.45) is 0. The number of hydrogen-bond donors (Lipinski definition) is 0. The zero-order valence-corrected chi connectivity index (χ0v) is 14.4. The Morgan fingerprint density at radius 3 is 1.39 bits per heavy atom. The van der Waals surface area contributed by atoms with Gasteiger partial charge < -0.3 is 4.48 Å². The molecule has 2 nitrogen and oxygen atoms in total. The number of Topliss-reactive ketones (excluding diaryl/α,β-unsaturated/α-hetero) is 1. The molecule has 2 heteroatoms. The molecule has 0 spiro atoms. The van der Waals surface area contributed by atoms with Gasteiger partial charge in [0.25, 0.3) is 0 Å². The first kappa shape index (κ1) is 15.9. The second-order valence-electron chi connectivity index (χ2n) is 7.32. The Morgan fingerprint density at radius 2 is 1.04 bits per heavy atom. The topological polar surface area (TPSA) is 17.1 Å². The van der Waals surface area contributed by atoms with Gasteiger partial charge in [-0.1, -0.05) is 60.7 Å². The van der Waals surface area contributed by atoms with Crippen LogP contribution in [0.5, 0.6) is 0 Å². The van der Waals surface area contributed by atoms with Crippen LogP contribution in [0.25, 0.3) is 0 Å². The van der Waals surface area contributed by atoms with Crippen molar-refractivity contribution >= 4 is 5.78 Å². The molecule has 23 heavy (non-hydrogen) atoms. The first-order valence-electron chi connectivity index (χ1n) is 8.41. The number of piperidine rings is 1. The lowest BCUT2D eigenvalue weighted by molar-refractivity contribution is -0.959. The van der Waals surface area contributed by atoms with Crippen LogP contribution in [0, 0.1) is 11.8 Å². The molecule has 120 valence electrons. The van der Waals surface area contributed by atoms with Gasteiger partial charge in [0.2, 0.25) is 0 Å². The van der Waals surface area contributed by atoms with E-state index in [9.17, 15) is 4.79 Å². The van der Waals surface area contributed by atoms with Crippen LogP contribution in [0.3, 0.4) is 0 Å².